The highest BCUT2D eigenvalue weighted by Crippen LogP contribution is 2.11. The van der Waals surface area contributed by atoms with Crippen LogP contribution in [0.3, 0.4) is 0 Å². The second kappa shape index (κ2) is 4.58. The molecular weight excluding hydrogens is 166 g/mol. The molecule has 1 aromatic rings. The van der Waals surface area contributed by atoms with Crippen LogP contribution >= 0.6 is 0 Å². The lowest BCUT2D eigenvalue weighted by atomic mass is 10.1. The largest absolute Gasteiger partial charge is 0.329 e. The topological polar surface area (TPSA) is 82.1 Å². The van der Waals surface area contributed by atoms with Crippen LogP contribution in [-0.2, 0) is 0 Å². The molecule has 1 unspecified atom stereocenters. The van der Waals surface area contributed by atoms with Crippen LogP contribution in [0.5, 0.6) is 0 Å². The fraction of sp³-hybridized carbons (Fsp3) is 0.222. The van der Waals surface area contributed by atoms with Gasteiger partial charge in [0.1, 0.15) is 0 Å². The summed E-state index contributed by atoms with van der Waals surface area (Å²) in [4.78, 5) is 0. The van der Waals surface area contributed by atoms with Gasteiger partial charge >= 0.3 is 0 Å². The number of nitrogens with one attached hydrogen (secondary N) is 1. The molecule has 0 aromatic heterocycles. The van der Waals surface area contributed by atoms with Crippen molar-refractivity contribution < 1.29 is 5.21 Å². The third-order valence-corrected chi connectivity index (χ3v) is 1.83. The Labute approximate surface area is 76.6 Å². The van der Waals surface area contributed by atoms with Crippen LogP contribution in [0.4, 0.5) is 0 Å². The Bertz CT molecular complexity index is 298. The molecule has 0 bridgehead atoms. The summed E-state index contributed by atoms with van der Waals surface area (Å²) < 4.78 is 0. The van der Waals surface area contributed by atoms with Gasteiger partial charge < -0.3 is 10.9 Å². The molecule has 0 saturated heterocycles. The molecule has 1 atom stereocenters. The third-order valence-electron chi connectivity index (χ3n) is 1.83. The summed E-state index contributed by atoms with van der Waals surface area (Å²) in [5, 5.41) is 17.3. The molecular formula is C9H11N3O. The third kappa shape index (κ3) is 2.26. The number of hydroxylamine groups is 1. The van der Waals surface area contributed by atoms with E-state index < -0.39 is 0 Å². The van der Waals surface area contributed by atoms with Gasteiger partial charge in [0.25, 0.3) is 0 Å². The van der Waals surface area contributed by atoms with Gasteiger partial charge in [0.2, 0.25) is 0 Å². The van der Waals surface area contributed by atoms with E-state index in [9.17, 15) is 0 Å². The number of nitriles is 1. The van der Waals surface area contributed by atoms with Crippen LogP contribution in [0.2, 0.25) is 0 Å². The van der Waals surface area contributed by atoms with Crippen molar-refractivity contribution in [3.8, 4) is 6.07 Å². The number of rotatable bonds is 3. The second-order valence-corrected chi connectivity index (χ2v) is 2.65. The molecule has 0 amide bonds. The van der Waals surface area contributed by atoms with Crippen molar-refractivity contribution in [2.45, 2.75) is 6.04 Å². The molecule has 0 radical (unpaired) electrons. The van der Waals surface area contributed by atoms with Gasteiger partial charge in [-0.3, -0.25) is 0 Å². The zero-order valence-electron chi connectivity index (χ0n) is 7.07. The molecule has 1 aromatic carbocycles. The quantitative estimate of drug-likeness (QED) is 0.588. The van der Waals surface area contributed by atoms with Crippen LogP contribution in [-0.4, -0.2) is 11.8 Å². The molecule has 0 aliphatic heterocycles. The molecule has 0 spiro atoms. The Morgan fingerprint density at radius 2 is 2.08 bits per heavy atom. The minimum Gasteiger partial charge on any atom is -0.329 e. The van der Waals surface area contributed by atoms with Crippen LogP contribution in [0.1, 0.15) is 17.2 Å². The first-order valence-electron chi connectivity index (χ1n) is 3.91. The lowest BCUT2D eigenvalue weighted by Gasteiger charge is -2.12. The number of nitrogens with zero attached hydrogens (tertiary/aromatic N) is 1. The van der Waals surface area contributed by atoms with Gasteiger partial charge in [-0.05, 0) is 17.7 Å². The normalized spacial score (nSPS) is 12.1. The maximum absolute atomic E-state index is 8.71. The molecule has 0 saturated carbocycles. The van der Waals surface area contributed by atoms with Crippen molar-refractivity contribution in [2.24, 2.45) is 5.73 Å². The summed E-state index contributed by atoms with van der Waals surface area (Å²) in [5.41, 5.74) is 8.96. The van der Waals surface area contributed by atoms with Gasteiger partial charge in [-0.15, -0.1) is 0 Å². The summed E-state index contributed by atoms with van der Waals surface area (Å²) in [5.74, 6) is 0. The monoisotopic (exact) mass is 177 g/mol. The summed E-state index contributed by atoms with van der Waals surface area (Å²) in [6.45, 7) is 0.308. The molecule has 0 aliphatic carbocycles. The fourth-order valence-electron chi connectivity index (χ4n) is 1.05. The van der Waals surface area contributed by atoms with Crippen molar-refractivity contribution in [3.05, 3.63) is 35.4 Å². The van der Waals surface area contributed by atoms with Gasteiger partial charge in [-0.1, -0.05) is 12.1 Å². The Hall–Kier alpha value is -1.41. The van der Waals surface area contributed by atoms with Crippen LogP contribution < -0.4 is 11.2 Å². The smallest absolute Gasteiger partial charge is 0.0991 e. The predicted molar refractivity (Wildman–Crippen MR) is 47.9 cm³/mol. The summed E-state index contributed by atoms with van der Waals surface area (Å²) >= 11 is 0. The molecule has 4 nitrogen and oxygen atoms in total. The zero-order valence-corrected chi connectivity index (χ0v) is 7.07. The zero-order chi connectivity index (χ0) is 9.68. The van der Waals surface area contributed by atoms with Crippen molar-refractivity contribution in [1.82, 2.24) is 5.48 Å². The maximum Gasteiger partial charge on any atom is 0.0991 e. The van der Waals surface area contributed by atoms with Gasteiger partial charge in [-0.2, -0.15) is 10.7 Å². The first kappa shape index (κ1) is 9.68. The molecule has 0 heterocycles. The molecule has 0 aliphatic rings. The first-order valence-corrected chi connectivity index (χ1v) is 3.91. The number of hydrogen-bond acceptors (Lipinski definition) is 4. The van der Waals surface area contributed by atoms with Crippen molar-refractivity contribution in [1.29, 1.82) is 5.26 Å². The fourth-order valence-corrected chi connectivity index (χ4v) is 1.05. The highest BCUT2D eigenvalue weighted by molar-refractivity contribution is 5.32. The molecule has 4 N–H and O–H groups in total. The highest BCUT2D eigenvalue weighted by Gasteiger charge is 2.06. The van der Waals surface area contributed by atoms with Crippen molar-refractivity contribution in [2.75, 3.05) is 6.54 Å². The van der Waals surface area contributed by atoms with E-state index in [0.29, 0.717) is 12.1 Å². The molecule has 13 heavy (non-hydrogen) atoms. The summed E-state index contributed by atoms with van der Waals surface area (Å²) in [7, 11) is 0. The highest BCUT2D eigenvalue weighted by atomic mass is 16.5. The Morgan fingerprint density at radius 1 is 1.46 bits per heavy atom. The van der Waals surface area contributed by atoms with E-state index in [-0.39, 0.29) is 6.04 Å². The van der Waals surface area contributed by atoms with Gasteiger partial charge in [0.05, 0.1) is 17.7 Å². The van der Waals surface area contributed by atoms with Crippen molar-refractivity contribution >= 4 is 0 Å². The van der Waals surface area contributed by atoms with Crippen LogP contribution in [0, 0.1) is 11.3 Å². The summed E-state index contributed by atoms with van der Waals surface area (Å²) in [6.07, 6.45) is 0. The van der Waals surface area contributed by atoms with E-state index >= 15 is 0 Å². The number of nitrogens with two attached hydrogens (primary N) is 1. The molecule has 0 fully saturated rings. The minimum absolute atomic E-state index is 0.271. The van der Waals surface area contributed by atoms with Gasteiger partial charge in [0.15, 0.2) is 0 Å². The lowest BCUT2D eigenvalue weighted by molar-refractivity contribution is 0.129. The molecule has 1 rings (SSSR count). The van der Waals surface area contributed by atoms with E-state index in [1.165, 1.54) is 0 Å². The second-order valence-electron chi connectivity index (χ2n) is 2.65. The predicted octanol–water partition coefficient (Wildman–Crippen LogP) is 0.537. The van der Waals surface area contributed by atoms with Crippen molar-refractivity contribution in [3.63, 3.8) is 0 Å². The first-order chi connectivity index (χ1) is 6.31. The standard InChI is InChI=1S/C9H11N3O/c10-5-7-1-3-8(4-2-7)9(6-11)12-13/h1-4,9,12-13H,6,11H2. The summed E-state index contributed by atoms with van der Waals surface area (Å²) in [6, 6.07) is 8.65. The van der Waals surface area contributed by atoms with E-state index in [0.717, 1.165) is 5.56 Å². The van der Waals surface area contributed by atoms with E-state index in [1.807, 2.05) is 6.07 Å². The average molecular weight is 177 g/mol. The Kier molecular flexibility index (Phi) is 3.41. The Balaban J connectivity index is 2.85. The van der Waals surface area contributed by atoms with E-state index in [1.54, 1.807) is 24.3 Å². The SMILES string of the molecule is N#Cc1ccc(C(CN)NO)cc1. The van der Waals surface area contributed by atoms with Crippen LogP contribution in [0.25, 0.3) is 0 Å². The number of hydrogen-bond donors (Lipinski definition) is 3. The Morgan fingerprint density at radius 3 is 2.46 bits per heavy atom. The lowest BCUT2D eigenvalue weighted by Crippen LogP contribution is -2.25. The van der Waals surface area contributed by atoms with Crippen LogP contribution in [0.15, 0.2) is 24.3 Å². The van der Waals surface area contributed by atoms with Gasteiger partial charge in [0, 0.05) is 6.54 Å². The molecule has 68 valence electrons. The minimum atomic E-state index is -0.271. The molecule has 4 heteroatoms. The maximum atomic E-state index is 8.71. The average Bonchev–Trinajstić information content (AvgIpc) is 2.21. The van der Waals surface area contributed by atoms with E-state index in [4.69, 9.17) is 16.2 Å². The number of benzene rings is 1. The van der Waals surface area contributed by atoms with Gasteiger partial charge in [-0.25, -0.2) is 0 Å². The van der Waals surface area contributed by atoms with E-state index in [2.05, 4.69) is 5.48 Å².